The van der Waals surface area contributed by atoms with E-state index in [1.54, 1.807) is 0 Å². The van der Waals surface area contributed by atoms with Crippen LogP contribution in [0.3, 0.4) is 0 Å². The summed E-state index contributed by atoms with van der Waals surface area (Å²) >= 11 is 0. The minimum Gasteiger partial charge on any atom is -0.354 e. The molecule has 1 spiro atoms. The van der Waals surface area contributed by atoms with Crippen molar-refractivity contribution < 1.29 is 0 Å². The molecule has 4 heterocycles. The molecule has 4 rings (SSSR count). The summed E-state index contributed by atoms with van der Waals surface area (Å²) in [6.07, 6.45) is 12.8. The van der Waals surface area contributed by atoms with Crippen LogP contribution in [0.15, 0.2) is 41.2 Å². The first-order valence-corrected chi connectivity index (χ1v) is 3.80. The summed E-state index contributed by atoms with van der Waals surface area (Å²) in [5.41, 5.74) is 1.07. The van der Waals surface area contributed by atoms with E-state index in [1.807, 2.05) is 6.21 Å². The van der Waals surface area contributed by atoms with Crippen LogP contribution in [-0.4, -0.2) is 23.2 Å². The Morgan fingerprint density at radius 3 is 3.18 bits per heavy atom. The molecule has 54 valence electrons. The molecule has 2 bridgehead atoms. The average molecular weight is 144 g/mol. The molecule has 0 fully saturated rings. The number of hydrogen-bond donors (Lipinski definition) is 0. The predicted molar refractivity (Wildman–Crippen MR) is 44.3 cm³/mol. The summed E-state index contributed by atoms with van der Waals surface area (Å²) in [7, 11) is 0. The second-order valence-electron chi connectivity index (χ2n) is 3.09. The van der Waals surface area contributed by atoms with Gasteiger partial charge in [0.25, 0.3) is 0 Å². The van der Waals surface area contributed by atoms with Gasteiger partial charge in [0.05, 0.1) is 5.70 Å². The molecule has 11 heavy (non-hydrogen) atoms. The van der Waals surface area contributed by atoms with Gasteiger partial charge in [-0.2, -0.15) is 0 Å². The maximum Gasteiger partial charge on any atom is 0.113 e. The van der Waals surface area contributed by atoms with Crippen molar-refractivity contribution in [2.45, 2.75) is 5.54 Å². The first kappa shape index (κ1) is 5.35. The first-order chi connectivity index (χ1) is 5.39. The molecule has 2 heteroatoms. The summed E-state index contributed by atoms with van der Waals surface area (Å²) in [5, 5.41) is 0. The zero-order valence-corrected chi connectivity index (χ0v) is 6.07. The Hall–Kier alpha value is -1.31. The Labute approximate surface area is 65.2 Å². The largest absolute Gasteiger partial charge is 0.354 e. The van der Waals surface area contributed by atoms with Gasteiger partial charge in [0.1, 0.15) is 5.54 Å². The number of allylic oxidation sites excluding steroid dienone is 1. The van der Waals surface area contributed by atoms with Gasteiger partial charge in [-0.1, -0.05) is 12.2 Å². The molecule has 0 saturated carbocycles. The lowest BCUT2D eigenvalue weighted by Crippen LogP contribution is -2.44. The molecule has 2 nitrogen and oxygen atoms in total. The van der Waals surface area contributed by atoms with Gasteiger partial charge in [0.2, 0.25) is 0 Å². The number of dihydropyridines is 1. The normalized spacial score (nSPS) is 36.4. The predicted octanol–water partition coefficient (Wildman–Crippen LogP) is 1.09. The lowest BCUT2D eigenvalue weighted by Gasteiger charge is -2.37. The zero-order valence-electron chi connectivity index (χ0n) is 6.07. The highest BCUT2D eigenvalue weighted by Gasteiger charge is 2.36. The van der Waals surface area contributed by atoms with Crippen molar-refractivity contribution in [1.82, 2.24) is 4.90 Å². The van der Waals surface area contributed by atoms with Gasteiger partial charge >= 0.3 is 0 Å². The third kappa shape index (κ3) is 0.507. The van der Waals surface area contributed by atoms with Crippen molar-refractivity contribution in [3.63, 3.8) is 0 Å². The molecule has 0 aromatic rings. The minimum absolute atomic E-state index is 0.00174. The maximum absolute atomic E-state index is 4.29. The van der Waals surface area contributed by atoms with Crippen LogP contribution in [-0.2, 0) is 0 Å². The van der Waals surface area contributed by atoms with E-state index in [9.17, 15) is 0 Å². The molecule has 4 aliphatic rings. The lowest BCUT2D eigenvalue weighted by molar-refractivity contribution is 0.359. The van der Waals surface area contributed by atoms with E-state index in [2.05, 4.69) is 40.4 Å². The van der Waals surface area contributed by atoms with Gasteiger partial charge in [-0.15, -0.1) is 0 Å². The molecule has 0 N–H and O–H groups in total. The van der Waals surface area contributed by atoms with Crippen LogP contribution in [0.25, 0.3) is 0 Å². The Morgan fingerprint density at radius 1 is 1.45 bits per heavy atom. The van der Waals surface area contributed by atoms with Gasteiger partial charge in [0.15, 0.2) is 0 Å². The van der Waals surface area contributed by atoms with Crippen LogP contribution in [0.1, 0.15) is 0 Å². The highest BCUT2D eigenvalue weighted by molar-refractivity contribution is 5.82. The van der Waals surface area contributed by atoms with Crippen LogP contribution < -0.4 is 0 Å². The van der Waals surface area contributed by atoms with Gasteiger partial charge in [-0.25, -0.2) is 0 Å². The molecule has 4 aliphatic heterocycles. The highest BCUT2D eigenvalue weighted by Crippen LogP contribution is 2.32. The summed E-state index contributed by atoms with van der Waals surface area (Å²) in [6, 6.07) is 0. The summed E-state index contributed by atoms with van der Waals surface area (Å²) in [4.78, 5) is 6.57. The van der Waals surface area contributed by atoms with Crippen LogP contribution in [0.2, 0.25) is 0 Å². The molecule has 0 aromatic carbocycles. The van der Waals surface area contributed by atoms with E-state index in [0.29, 0.717) is 0 Å². The van der Waals surface area contributed by atoms with Gasteiger partial charge in [-0.05, 0) is 12.2 Å². The smallest absolute Gasteiger partial charge is 0.113 e. The second-order valence-corrected chi connectivity index (χ2v) is 3.09. The molecule has 0 aliphatic carbocycles. The maximum atomic E-state index is 4.29. The zero-order chi connectivity index (χ0) is 7.31. The number of nitrogens with zero attached hydrogens (tertiary/aromatic N) is 2. The molecular weight excluding hydrogens is 136 g/mol. The summed E-state index contributed by atoms with van der Waals surface area (Å²) in [5.74, 6) is 0. The van der Waals surface area contributed by atoms with Crippen molar-refractivity contribution in [1.29, 1.82) is 0 Å². The van der Waals surface area contributed by atoms with Gasteiger partial charge < -0.3 is 4.90 Å². The van der Waals surface area contributed by atoms with Crippen molar-refractivity contribution in [3.05, 3.63) is 36.2 Å². The fourth-order valence-electron chi connectivity index (χ4n) is 1.76. The van der Waals surface area contributed by atoms with Crippen molar-refractivity contribution in [2.75, 3.05) is 6.54 Å². The van der Waals surface area contributed by atoms with E-state index < -0.39 is 0 Å². The molecule has 1 unspecified atom stereocenters. The SMILES string of the molecule is C1=CC23C=CC(=CN2C1)N=C3. The van der Waals surface area contributed by atoms with Crippen LogP contribution in [0.5, 0.6) is 0 Å². The number of rotatable bonds is 0. The monoisotopic (exact) mass is 144 g/mol. The molecular formula is C9H8N2. The Morgan fingerprint density at radius 2 is 2.45 bits per heavy atom. The molecule has 0 amide bonds. The van der Waals surface area contributed by atoms with E-state index in [-0.39, 0.29) is 5.54 Å². The highest BCUT2D eigenvalue weighted by atomic mass is 15.2. The standard InChI is InChI=1S/C9H8N2/c1-3-9-4-2-8(10-7-9)6-11(9)5-1/h1-4,6-7H,5H2. The fraction of sp³-hybridized carbons (Fsp3) is 0.222. The van der Waals surface area contributed by atoms with Crippen LogP contribution in [0, 0.1) is 0 Å². The molecule has 0 saturated heterocycles. The summed E-state index contributed by atoms with van der Waals surface area (Å²) < 4.78 is 0. The van der Waals surface area contributed by atoms with E-state index in [4.69, 9.17) is 0 Å². The quantitative estimate of drug-likeness (QED) is 0.465. The van der Waals surface area contributed by atoms with E-state index in [1.165, 1.54) is 0 Å². The third-order valence-corrected chi connectivity index (χ3v) is 2.41. The number of aliphatic imine (C=N–C) groups is 1. The lowest BCUT2D eigenvalue weighted by atomic mass is 9.95. The fourth-order valence-corrected chi connectivity index (χ4v) is 1.76. The first-order valence-electron chi connectivity index (χ1n) is 3.80. The topological polar surface area (TPSA) is 15.6 Å². The van der Waals surface area contributed by atoms with E-state index >= 15 is 0 Å². The van der Waals surface area contributed by atoms with Crippen molar-refractivity contribution in [2.24, 2.45) is 4.99 Å². The second kappa shape index (κ2) is 1.47. The molecule has 1 atom stereocenters. The Bertz CT molecular complexity index is 304. The van der Waals surface area contributed by atoms with Crippen LogP contribution in [0.4, 0.5) is 0 Å². The minimum atomic E-state index is 0.00174. The van der Waals surface area contributed by atoms with E-state index in [0.717, 1.165) is 12.2 Å². The van der Waals surface area contributed by atoms with Gasteiger partial charge in [-0.3, -0.25) is 4.99 Å². The van der Waals surface area contributed by atoms with Crippen LogP contribution >= 0.6 is 0 Å². The number of hydrogen-bond acceptors (Lipinski definition) is 2. The molecule has 0 radical (unpaired) electrons. The summed E-state index contributed by atoms with van der Waals surface area (Å²) in [6.45, 7) is 1.01. The van der Waals surface area contributed by atoms with Gasteiger partial charge in [0, 0.05) is 19.0 Å². The Balaban J connectivity index is 2.24. The molecule has 0 aromatic heterocycles. The van der Waals surface area contributed by atoms with Crippen molar-refractivity contribution in [3.8, 4) is 0 Å². The van der Waals surface area contributed by atoms with Crippen molar-refractivity contribution >= 4 is 6.21 Å². The average Bonchev–Trinajstić information content (AvgIpc) is 2.47. The Kier molecular flexibility index (Phi) is 0.716. The third-order valence-electron chi connectivity index (χ3n) is 2.41.